The normalized spacial score (nSPS) is 13.7. The van der Waals surface area contributed by atoms with Gasteiger partial charge >= 0.3 is 0 Å². The predicted molar refractivity (Wildman–Crippen MR) is 140 cm³/mol. The van der Waals surface area contributed by atoms with Gasteiger partial charge in [0.1, 0.15) is 36.2 Å². The van der Waals surface area contributed by atoms with Crippen molar-refractivity contribution in [3.63, 3.8) is 0 Å². The summed E-state index contributed by atoms with van der Waals surface area (Å²) in [5.41, 5.74) is 3.28. The number of ether oxygens (including phenoxy) is 4. The molecule has 0 aliphatic carbocycles. The zero-order chi connectivity index (χ0) is 23.6. The smallest absolute Gasteiger partial charge is 0.155 e. The Morgan fingerprint density at radius 2 is 1.00 bits per heavy atom. The summed E-state index contributed by atoms with van der Waals surface area (Å²) >= 11 is 0. The fourth-order valence-corrected chi connectivity index (χ4v) is 6.30. The molecule has 1 saturated heterocycles. The third-order valence-corrected chi connectivity index (χ3v) is 8.26. The number of hydrogen-bond donors (Lipinski definition) is 0. The van der Waals surface area contributed by atoms with Crippen LogP contribution in [0.25, 0.3) is 0 Å². The Hall–Kier alpha value is -2.67. The van der Waals surface area contributed by atoms with Crippen LogP contribution in [0.2, 0.25) is 0 Å². The van der Waals surface area contributed by atoms with Crippen LogP contribution in [0.1, 0.15) is 12.8 Å². The van der Waals surface area contributed by atoms with Crippen molar-refractivity contribution in [1.29, 1.82) is 0 Å². The van der Waals surface area contributed by atoms with Crippen LogP contribution in [0.4, 0.5) is 17.1 Å². The lowest BCUT2D eigenvalue weighted by molar-refractivity contribution is 0.146. The molecule has 5 nitrogen and oxygen atoms in total. The van der Waals surface area contributed by atoms with Crippen molar-refractivity contribution in [2.75, 3.05) is 57.1 Å². The van der Waals surface area contributed by atoms with Crippen LogP contribution in [-0.2, 0) is 20.4 Å². The van der Waals surface area contributed by atoms with Crippen LogP contribution in [-0.4, -0.2) is 52.2 Å². The van der Waals surface area contributed by atoms with Gasteiger partial charge in [0.2, 0.25) is 0 Å². The van der Waals surface area contributed by atoms with Gasteiger partial charge in [-0.2, -0.15) is 0 Å². The molecule has 0 aromatic heterocycles. The first-order valence-corrected chi connectivity index (χ1v) is 13.4. The molecule has 34 heavy (non-hydrogen) atoms. The summed E-state index contributed by atoms with van der Waals surface area (Å²) in [4.78, 5) is 3.74. The van der Waals surface area contributed by atoms with Gasteiger partial charge < -0.3 is 23.8 Å². The van der Waals surface area contributed by atoms with E-state index >= 15 is 0 Å². The molecule has 0 saturated carbocycles. The van der Waals surface area contributed by atoms with Crippen molar-refractivity contribution in [2.45, 2.75) is 17.7 Å². The zero-order valence-electron chi connectivity index (χ0n) is 20.1. The largest absolute Gasteiger partial charge is 0.491 e. The first-order valence-electron chi connectivity index (χ1n) is 11.8. The standard InChI is InChI=1S/C28H34NO4S/c1-30-17-19-32-26-11-5-23(6-12-26)29(24-7-13-27(14-8-24)33-20-18-31-2)25-9-15-28(16-10-25)34-21-3-4-22-34/h5-16H,3-4,17-22H2,1-2H3/q+1. The number of methoxy groups -OCH3 is 2. The number of hydrogen-bond acceptors (Lipinski definition) is 5. The molecule has 0 spiro atoms. The lowest BCUT2D eigenvalue weighted by atomic mass is 10.2. The molecule has 0 radical (unpaired) electrons. The van der Waals surface area contributed by atoms with Crippen LogP contribution in [0.15, 0.2) is 77.7 Å². The second-order valence-electron chi connectivity index (χ2n) is 8.11. The van der Waals surface area contributed by atoms with Crippen molar-refractivity contribution < 1.29 is 18.9 Å². The van der Waals surface area contributed by atoms with Crippen LogP contribution in [0.5, 0.6) is 11.5 Å². The highest BCUT2D eigenvalue weighted by molar-refractivity contribution is 7.97. The van der Waals surface area contributed by atoms with Gasteiger partial charge in [-0.3, -0.25) is 0 Å². The van der Waals surface area contributed by atoms with Gasteiger partial charge in [0.05, 0.1) is 13.2 Å². The summed E-state index contributed by atoms with van der Waals surface area (Å²) in [5, 5.41) is 0. The first-order chi connectivity index (χ1) is 16.8. The molecule has 4 rings (SSSR count). The Labute approximate surface area is 205 Å². The van der Waals surface area contributed by atoms with E-state index in [-0.39, 0.29) is 0 Å². The summed E-state index contributed by atoms with van der Waals surface area (Å²) in [7, 11) is 3.77. The van der Waals surface area contributed by atoms with E-state index < -0.39 is 0 Å². The van der Waals surface area contributed by atoms with Gasteiger partial charge in [0.15, 0.2) is 4.90 Å². The molecule has 0 amide bonds. The minimum Gasteiger partial charge on any atom is -0.491 e. The fourth-order valence-electron chi connectivity index (χ4n) is 3.99. The number of benzene rings is 3. The topological polar surface area (TPSA) is 40.2 Å². The van der Waals surface area contributed by atoms with Crippen molar-refractivity contribution in [1.82, 2.24) is 0 Å². The third-order valence-electron chi connectivity index (χ3n) is 5.76. The lowest BCUT2D eigenvalue weighted by Gasteiger charge is -2.26. The molecular formula is C28H34NO4S+. The monoisotopic (exact) mass is 480 g/mol. The molecule has 1 fully saturated rings. The fraction of sp³-hybridized carbons (Fsp3) is 0.357. The van der Waals surface area contributed by atoms with Gasteiger partial charge in [0.25, 0.3) is 0 Å². The van der Waals surface area contributed by atoms with Crippen LogP contribution < -0.4 is 14.4 Å². The molecule has 0 N–H and O–H groups in total. The Morgan fingerprint density at radius 1 is 0.588 bits per heavy atom. The molecule has 1 heterocycles. The highest BCUT2D eigenvalue weighted by Crippen LogP contribution is 2.37. The van der Waals surface area contributed by atoms with Crippen molar-refractivity contribution in [2.24, 2.45) is 0 Å². The molecule has 0 atom stereocenters. The molecule has 180 valence electrons. The van der Waals surface area contributed by atoms with E-state index in [9.17, 15) is 0 Å². The maximum absolute atomic E-state index is 5.76. The van der Waals surface area contributed by atoms with Gasteiger partial charge in [-0.05, 0) is 85.6 Å². The number of anilines is 3. The summed E-state index contributed by atoms with van der Waals surface area (Å²) < 4.78 is 21.7. The summed E-state index contributed by atoms with van der Waals surface area (Å²) in [6, 6.07) is 25.5. The maximum Gasteiger partial charge on any atom is 0.155 e. The van der Waals surface area contributed by atoms with Gasteiger partial charge in [-0.1, -0.05) is 0 Å². The highest BCUT2D eigenvalue weighted by atomic mass is 32.2. The SMILES string of the molecule is COCCOc1ccc(N(c2ccc(OCCOC)cc2)c2ccc([S+]3CCCC3)cc2)cc1. The minimum atomic E-state index is 0.412. The van der Waals surface area contributed by atoms with Crippen LogP contribution >= 0.6 is 0 Å². The van der Waals surface area contributed by atoms with Crippen LogP contribution in [0.3, 0.4) is 0 Å². The Kier molecular flexibility index (Phi) is 9.13. The summed E-state index contributed by atoms with van der Waals surface area (Å²) in [6.07, 6.45) is 2.71. The molecular weight excluding hydrogens is 446 g/mol. The molecule has 3 aromatic rings. The molecule has 0 unspecified atom stereocenters. The third kappa shape index (κ3) is 6.47. The van der Waals surface area contributed by atoms with Crippen molar-refractivity contribution in [3.8, 4) is 11.5 Å². The van der Waals surface area contributed by atoms with E-state index in [1.54, 1.807) is 14.2 Å². The summed E-state index contributed by atoms with van der Waals surface area (Å²) in [6.45, 7) is 2.21. The van der Waals surface area contributed by atoms with E-state index in [2.05, 4.69) is 53.4 Å². The zero-order valence-corrected chi connectivity index (χ0v) is 20.9. The Morgan fingerprint density at radius 3 is 1.41 bits per heavy atom. The Bertz CT molecular complexity index is 933. The first kappa shape index (κ1) is 24.5. The molecule has 0 bridgehead atoms. The van der Waals surface area contributed by atoms with Gasteiger partial charge in [-0.15, -0.1) is 0 Å². The predicted octanol–water partition coefficient (Wildman–Crippen LogP) is 5.98. The average molecular weight is 481 g/mol. The Balaban J connectivity index is 1.58. The molecule has 3 aromatic carbocycles. The lowest BCUT2D eigenvalue weighted by Crippen LogP contribution is -2.11. The number of nitrogens with zero attached hydrogens (tertiary/aromatic N) is 1. The van der Waals surface area contributed by atoms with Crippen molar-refractivity contribution >= 4 is 28.0 Å². The number of rotatable bonds is 12. The minimum absolute atomic E-state index is 0.412. The van der Waals surface area contributed by atoms with Crippen LogP contribution in [0, 0.1) is 0 Å². The maximum atomic E-state index is 5.76. The average Bonchev–Trinajstić information content (AvgIpc) is 3.42. The molecule has 1 aliphatic heterocycles. The van der Waals surface area contributed by atoms with E-state index in [1.807, 2.05) is 24.3 Å². The second-order valence-corrected chi connectivity index (χ2v) is 10.4. The van der Waals surface area contributed by atoms with E-state index in [4.69, 9.17) is 18.9 Å². The van der Waals surface area contributed by atoms with Crippen molar-refractivity contribution in [3.05, 3.63) is 72.8 Å². The summed E-state index contributed by atoms with van der Waals surface area (Å²) in [5.74, 6) is 4.33. The van der Waals surface area contributed by atoms with E-state index in [0.717, 1.165) is 28.6 Å². The van der Waals surface area contributed by atoms with E-state index in [0.29, 0.717) is 37.3 Å². The van der Waals surface area contributed by atoms with Gasteiger partial charge in [0, 0.05) is 42.2 Å². The molecule has 1 aliphatic rings. The highest BCUT2D eigenvalue weighted by Gasteiger charge is 2.26. The quantitative estimate of drug-likeness (QED) is 0.236. The van der Waals surface area contributed by atoms with E-state index in [1.165, 1.54) is 29.2 Å². The van der Waals surface area contributed by atoms with Gasteiger partial charge in [-0.25, -0.2) is 0 Å². The second kappa shape index (κ2) is 12.7. The molecule has 6 heteroatoms.